The van der Waals surface area contributed by atoms with Crippen LogP contribution < -0.4 is 10.2 Å². The van der Waals surface area contributed by atoms with Gasteiger partial charge in [0, 0.05) is 30.7 Å². The molecule has 1 amide bonds. The SMILES string of the molecule is CCN(CC)c1ccc(NC(=O)Cn2cc(Cl)c(C)n2)cc1. The first kappa shape index (κ1) is 16.4. The molecule has 0 saturated heterocycles. The monoisotopic (exact) mass is 320 g/mol. The summed E-state index contributed by atoms with van der Waals surface area (Å²) in [6.45, 7) is 8.12. The van der Waals surface area contributed by atoms with E-state index >= 15 is 0 Å². The summed E-state index contributed by atoms with van der Waals surface area (Å²) in [4.78, 5) is 14.3. The number of amides is 1. The molecular weight excluding hydrogens is 300 g/mol. The number of nitrogens with one attached hydrogen (secondary N) is 1. The fourth-order valence-electron chi connectivity index (χ4n) is 2.27. The summed E-state index contributed by atoms with van der Waals surface area (Å²) in [5.41, 5.74) is 2.64. The van der Waals surface area contributed by atoms with Crippen LogP contribution in [-0.2, 0) is 11.3 Å². The number of anilines is 2. The van der Waals surface area contributed by atoms with E-state index in [0.717, 1.165) is 30.2 Å². The van der Waals surface area contributed by atoms with E-state index in [-0.39, 0.29) is 12.5 Å². The van der Waals surface area contributed by atoms with Crippen molar-refractivity contribution in [3.05, 3.63) is 41.2 Å². The number of hydrogen-bond acceptors (Lipinski definition) is 3. The van der Waals surface area contributed by atoms with Crippen molar-refractivity contribution in [2.75, 3.05) is 23.3 Å². The minimum atomic E-state index is -0.130. The van der Waals surface area contributed by atoms with Crippen molar-refractivity contribution in [2.24, 2.45) is 0 Å². The van der Waals surface area contributed by atoms with Crippen molar-refractivity contribution in [1.82, 2.24) is 9.78 Å². The number of benzene rings is 1. The van der Waals surface area contributed by atoms with Crippen molar-refractivity contribution < 1.29 is 4.79 Å². The highest BCUT2D eigenvalue weighted by Crippen LogP contribution is 2.18. The Morgan fingerprint density at radius 2 is 1.91 bits per heavy atom. The molecule has 118 valence electrons. The van der Waals surface area contributed by atoms with Gasteiger partial charge < -0.3 is 10.2 Å². The highest BCUT2D eigenvalue weighted by Gasteiger charge is 2.08. The number of hydrogen-bond donors (Lipinski definition) is 1. The highest BCUT2D eigenvalue weighted by atomic mass is 35.5. The molecule has 5 nitrogen and oxygen atoms in total. The molecule has 0 saturated carbocycles. The second-order valence-electron chi connectivity index (χ2n) is 5.03. The van der Waals surface area contributed by atoms with Gasteiger partial charge in [0.2, 0.25) is 5.91 Å². The number of carbonyl (C=O) groups excluding carboxylic acids is 1. The van der Waals surface area contributed by atoms with Crippen LogP contribution in [0.25, 0.3) is 0 Å². The van der Waals surface area contributed by atoms with Crippen LogP contribution in [0.15, 0.2) is 30.5 Å². The molecule has 2 rings (SSSR count). The molecule has 0 fully saturated rings. The molecule has 0 spiro atoms. The second-order valence-corrected chi connectivity index (χ2v) is 5.43. The topological polar surface area (TPSA) is 50.2 Å². The molecular formula is C16H21ClN4O. The van der Waals surface area contributed by atoms with Gasteiger partial charge in [-0.1, -0.05) is 11.6 Å². The molecule has 1 aromatic heterocycles. The van der Waals surface area contributed by atoms with E-state index in [9.17, 15) is 4.79 Å². The number of halogens is 1. The van der Waals surface area contributed by atoms with Gasteiger partial charge in [0.05, 0.1) is 10.7 Å². The summed E-state index contributed by atoms with van der Waals surface area (Å²) in [5, 5.41) is 7.59. The van der Waals surface area contributed by atoms with Crippen LogP contribution in [-0.4, -0.2) is 28.8 Å². The lowest BCUT2D eigenvalue weighted by Crippen LogP contribution is -2.22. The van der Waals surface area contributed by atoms with Crippen LogP contribution in [0.2, 0.25) is 5.02 Å². The Hall–Kier alpha value is -2.01. The number of aromatic nitrogens is 2. The fourth-order valence-corrected chi connectivity index (χ4v) is 2.42. The molecule has 6 heteroatoms. The van der Waals surface area contributed by atoms with Gasteiger partial charge in [0.1, 0.15) is 6.54 Å². The molecule has 0 atom stereocenters. The van der Waals surface area contributed by atoms with Crippen LogP contribution in [0.1, 0.15) is 19.5 Å². The van der Waals surface area contributed by atoms with E-state index in [4.69, 9.17) is 11.6 Å². The van der Waals surface area contributed by atoms with Crippen LogP contribution in [0, 0.1) is 6.92 Å². The third kappa shape index (κ3) is 4.01. The average molecular weight is 321 g/mol. The fraction of sp³-hybridized carbons (Fsp3) is 0.375. The summed E-state index contributed by atoms with van der Waals surface area (Å²) in [5.74, 6) is -0.130. The summed E-state index contributed by atoms with van der Waals surface area (Å²) in [7, 11) is 0. The normalized spacial score (nSPS) is 10.5. The zero-order valence-electron chi connectivity index (χ0n) is 13.1. The third-order valence-electron chi connectivity index (χ3n) is 3.47. The molecule has 0 unspecified atom stereocenters. The number of nitrogens with zero attached hydrogens (tertiary/aromatic N) is 3. The molecule has 1 N–H and O–H groups in total. The minimum absolute atomic E-state index is 0.130. The van der Waals surface area contributed by atoms with Crippen LogP contribution >= 0.6 is 11.6 Å². The van der Waals surface area contributed by atoms with Gasteiger partial charge in [0.15, 0.2) is 0 Å². The quantitative estimate of drug-likeness (QED) is 0.888. The van der Waals surface area contributed by atoms with Gasteiger partial charge in [-0.3, -0.25) is 9.48 Å². The highest BCUT2D eigenvalue weighted by molar-refractivity contribution is 6.31. The van der Waals surface area contributed by atoms with Gasteiger partial charge in [-0.2, -0.15) is 5.10 Å². The molecule has 0 aliphatic heterocycles. The number of rotatable bonds is 6. The lowest BCUT2D eigenvalue weighted by molar-refractivity contribution is -0.116. The van der Waals surface area contributed by atoms with Gasteiger partial charge >= 0.3 is 0 Å². The Labute approximate surface area is 135 Å². The Bertz CT molecular complexity index is 613. The van der Waals surface area contributed by atoms with Gasteiger partial charge in [-0.15, -0.1) is 0 Å². The van der Waals surface area contributed by atoms with Gasteiger partial charge in [0.25, 0.3) is 0 Å². The van der Waals surface area contributed by atoms with Crippen LogP contribution in [0.5, 0.6) is 0 Å². The first-order valence-corrected chi connectivity index (χ1v) is 7.75. The van der Waals surface area contributed by atoms with Crippen LogP contribution in [0.3, 0.4) is 0 Å². The van der Waals surface area contributed by atoms with Crippen molar-refractivity contribution >= 4 is 28.9 Å². The first-order chi connectivity index (χ1) is 10.5. The predicted octanol–water partition coefficient (Wildman–Crippen LogP) is 3.33. The molecule has 22 heavy (non-hydrogen) atoms. The maximum Gasteiger partial charge on any atom is 0.246 e. The van der Waals surface area contributed by atoms with E-state index < -0.39 is 0 Å². The van der Waals surface area contributed by atoms with Gasteiger partial charge in [-0.05, 0) is 45.0 Å². The predicted molar refractivity (Wildman–Crippen MR) is 90.6 cm³/mol. The van der Waals surface area contributed by atoms with E-state index in [1.54, 1.807) is 6.20 Å². The molecule has 0 aliphatic carbocycles. The largest absolute Gasteiger partial charge is 0.372 e. The molecule has 0 bridgehead atoms. The van der Waals surface area contributed by atoms with E-state index in [0.29, 0.717) is 5.02 Å². The Balaban J connectivity index is 1.96. The Morgan fingerprint density at radius 3 is 2.41 bits per heavy atom. The molecule has 1 aromatic carbocycles. The lowest BCUT2D eigenvalue weighted by Gasteiger charge is -2.21. The summed E-state index contributed by atoms with van der Waals surface area (Å²) >= 11 is 5.93. The molecule has 0 radical (unpaired) electrons. The van der Waals surface area contributed by atoms with E-state index in [2.05, 4.69) is 29.2 Å². The summed E-state index contributed by atoms with van der Waals surface area (Å²) in [6.07, 6.45) is 1.65. The Kier molecular flexibility index (Phi) is 5.44. The van der Waals surface area contributed by atoms with Crippen molar-refractivity contribution in [1.29, 1.82) is 0 Å². The number of aryl methyl sites for hydroxylation is 1. The Morgan fingerprint density at radius 1 is 1.27 bits per heavy atom. The second kappa shape index (κ2) is 7.31. The summed E-state index contributed by atoms with van der Waals surface area (Å²) in [6, 6.07) is 7.84. The molecule has 0 aliphatic rings. The van der Waals surface area contributed by atoms with Crippen molar-refractivity contribution in [3.63, 3.8) is 0 Å². The van der Waals surface area contributed by atoms with Crippen molar-refractivity contribution in [3.8, 4) is 0 Å². The van der Waals surface area contributed by atoms with Gasteiger partial charge in [-0.25, -0.2) is 0 Å². The first-order valence-electron chi connectivity index (χ1n) is 7.38. The zero-order valence-corrected chi connectivity index (χ0v) is 13.9. The van der Waals surface area contributed by atoms with Crippen LogP contribution in [0.4, 0.5) is 11.4 Å². The standard InChI is InChI=1S/C16H21ClN4O/c1-4-20(5-2)14-8-6-13(7-9-14)18-16(22)11-21-10-15(17)12(3)19-21/h6-10H,4-5,11H2,1-3H3,(H,18,22). The van der Waals surface area contributed by atoms with E-state index in [1.165, 1.54) is 4.68 Å². The molecule has 2 aromatic rings. The third-order valence-corrected chi connectivity index (χ3v) is 3.84. The minimum Gasteiger partial charge on any atom is -0.372 e. The zero-order chi connectivity index (χ0) is 16.1. The lowest BCUT2D eigenvalue weighted by atomic mass is 10.2. The smallest absolute Gasteiger partial charge is 0.246 e. The molecule has 1 heterocycles. The van der Waals surface area contributed by atoms with Crippen molar-refractivity contribution in [2.45, 2.75) is 27.3 Å². The maximum atomic E-state index is 12.0. The summed E-state index contributed by atoms with van der Waals surface area (Å²) < 4.78 is 1.54. The number of carbonyl (C=O) groups is 1. The maximum absolute atomic E-state index is 12.0. The average Bonchev–Trinajstić information content (AvgIpc) is 2.80. The van der Waals surface area contributed by atoms with E-state index in [1.807, 2.05) is 31.2 Å².